The summed E-state index contributed by atoms with van der Waals surface area (Å²) in [4.78, 5) is 22.6. The maximum absolute atomic E-state index is 12.0. The first-order valence-corrected chi connectivity index (χ1v) is 11.0. The van der Waals surface area contributed by atoms with E-state index < -0.39 is 0 Å². The molecule has 0 atom stereocenters. The minimum Gasteiger partial charge on any atom is -0.383 e. The van der Waals surface area contributed by atoms with Crippen molar-refractivity contribution in [3.8, 4) is 11.1 Å². The average Bonchev–Trinajstić information content (AvgIpc) is 3.20. The van der Waals surface area contributed by atoms with E-state index in [9.17, 15) is 4.79 Å². The number of rotatable bonds is 9. The molecule has 0 aliphatic heterocycles. The van der Waals surface area contributed by atoms with Gasteiger partial charge in [0.25, 0.3) is 0 Å². The van der Waals surface area contributed by atoms with Crippen molar-refractivity contribution >= 4 is 17.5 Å². The Morgan fingerprint density at radius 1 is 1.21 bits per heavy atom. The first kappa shape index (κ1) is 22.5. The van der Waals surface area contributed by atoms with Crippen molar-refractivity contribution in [2.45, 2.75) is 31.5 Å². The van der Waals surface area contributed by atoms with Crippen LogP contribution in [0.15, 0.2) is 61.2 Å². The Hall–Kier alpha value is -3.72. The number of nitrogens with two attached hydrogens (primary N) is 1. The van der Waals surface area contributed by atoms with Crippen molar-refractivity contribution in [3.05, 3.63) is 66.8 Å². The van der Waals surface area contributed by atoms with Crippen LogP contribution in [0.25, 0.3) is 11.1 Å². The van der Waals surface area contributed by atoms with Crippen LogP contribution in [-0.2, 0) is 11.3 Å². The van der Waals surface area contributed by atoms with Gasteiger partial charge in [-0.2, -0.15) is 5.10 Å². The summed E-state index contributed by atoms with van der Waals surface area (Å²) in [5, 5.41) is 11.0. The molecule has 0 bridgehead atoms. The number of benzene rings is 1. The summed E-state index contributed by atoms with van der Waals surface area (Å²) in [6.07, 6.45) is 10.3. The van der Waals surface area contributed by atoms with Crippen LogP contribution in [0.2, 0.25) is 0 Å². The molecule has 1 aromatic carbocycles. The highest BCUT2D eigenvalue weighted by Gasteiger charge is 2.31. The van der Waals surface area contributed by atoms with Gasteiger partial charge < -0.3 is 21.3 Å². The van der Waals surface area contributed by atoms with Crippen molar-refractivity contribution in [2.24, 2.45) is 0 Å². The molecule has 1 fully saturated rings. The number of likely N-dealkylation sites (N-methyl/N-ethyl adjacent to an activating group) is 1. The second-order valence-corrected chi connectivity index (χ2v) is 8.58. The van der Waals surface area contributed by atoms with Crippen LogP contribution < -0.4 is 16.4 Å². The van der Waals surface area contributed by atoms with Gasteiger partial charge in [-0.15, -0.1) is 0 Å². The SMILES string of the molecule is CN(C)CC=CC(=O)NC1CC(Nc2ncnc(N)c2-c2cnn(Cc3ccccc3)c2)C1. The van der Waals surface area contributed by atoms with Crippen molar-refractivity contribution in [2.75, 3.05) is 31.7 Å². The molecule has 4 N–H and O–H groups in total. The predicted octanol–water partition coefficient (Wildman–Crippen LogP) is 2.15. The van der Waals surface area contributed by atoms with Crippen LogP contribution in [0.3, 0.4) is 0 Å². The second-order valence-electron chi connectivity index (χ2n) is 8.58. The Labute approximate surface area is 193 Å². The molecule has 1 aliphatic rings. The summed E-state index contributed by atoms with van der Waals surface area (Å²) in [5.41, 5.74) is 8.99. The monoisotopic (exact) mass is 446 g/mol. The van der Waals surface area contributed by atoms with Crippen molar-refractivity contribution < 1.29 is 4.79 Å². The van der Waals surface area contributed by atoms with Crippen LogP contribution >= 0.6 is 0 Å². The van der Waals surface area contributed by atoms with E-state index in [1.165, 1.54) is 11.9 Å². The molecule has 0 spiro atoms. The van der Waals surface area contributed by atoms with Gasteiger partial charge in [-0.3, -0.25) is 9.48 Å². The molecule has 1 amide bonds. The number of nitrogens with one attached hydrogen (secondary N) is 2. The quantitative estimate of drug-likeness (QED) is 0.432. The number of anilines is 2. The highest BCUT2D eigenvalue weighted by molar-refractivity contribution is 5.88. The van der Waals surface area contributed by atoms with Gasteiger partial charge in [-0.05, 0) is 32.5 Å². The number of carbonyl (C=O) groups is 1. The zero-order valence-electron chi connectivity index (χ0n) is 19.0. The molecule has 9 nitrogen and oxygen atoms in total. The van der Waals surface area contributed by atoms with E-state index in [0.717, 1.165) is 30.5 Å². The molecule has 0 unspecified atom stereocenters. The number of carbonyl (C=O) groups excluding carboxylic acids is 1. The summed E-state index contributed by atoms with van der Waals surface area (Å²) in [6, 6.07) is 10.5. The van der Waals surface area contributed by atoms with E-state index >= 15 is 0 Å². The molecule has 0 saturated heterocycles. The second kappa shape index (κ2) is 10.3. The van der Waals surface area contributed by atoms with Gasteiger partial charge in [0.1, 0.15) is 18.0 Å². The molecule has 2 aromatic heterocycles. The van der Waals surface area contributed by atoms with Gasteiger partial charge in [0.15, 0.2) is 0 Å². The number of nitrogen functional groups attached to an aromatic ring is 1. The third kappa shape index (κ3) is 5.95. The smallest absolute Gasteiger partial charge is 0.243 e. The molecule has 1 aliphatic carbocycles. The fraction of sp³-hybridized carbons (Fsp3) is 0.333. The van der Waals surface area contributed by atoms with E-state index in [1.54, 1.807) is 12.3 Å². The first-order valence-electron chi connectivity index (χ1n) is 11.0. The standard InChI is InChI=1S/C24H30N8O/c1-31(2)10-6-9-21(33)29-19-11-20(12-19)30-24-22(23(25)26-16-27-24)18-13-28-32(15-18)14-17-7-4-3-5-8-17/h3-9,13,15-16,19-20H,10-12,14H2,1-2H3,(H,29,33)(H3,25,26,27,30). The van der Waals surface area contributed by atoms with Gasteiger partial charge in [-0.1, -0.05) is 36.4 Å². The minimum absolute atomic E-state index is 0.0573. The zero-order chi connectivity index (χ0) is 23.2. The first-order chi connectivity index (χ1) is 16.0. The van der Waals surface area contributed by atoms with Crippen molar-refractivity contribution in [3.63, 3.8) is 0 Å². The Kier molecular flexibility index (Phi) is 6.99. The third-order valence-corrected chi connectivity index (χ3v) is 5.55. The summed E-state index contributed by atoms with van der Waals surface area (Å²) in [6.45, 7) is 1.41. The summed E-state index contributed by atoms with van der Waals surface area (Å²) >= 11 is 0. The third-order valence-electron chi connectivity index (χ3n) is 5.55. The number of hydrogen-bond acceptors (Lipinski definition) is 7. The summed E-state index contributed by atoms with van der Waals surface area (Å²) < 4.78 is 1.87. The Morgan fingerprint density at radius 3 is 2.76 bits per heavy atom. The lowest BCUT2D eigenvalue weighted by Crippen LogP contribution is -2.49. The maximum Gasteiger partial charge on any atom is 0.243 e. The molecule has 0 radical (unpaired) electrons. The summed E-state index contributed by atoms with van der Waals surface area (Å²) in [5.74, 6) is 1.03. The lowest BCUT2D eigenvalue weighted by Gasteiger charge is -2.36. The Balaban J connectivity index is 1.37. The fourth-order valence-electron chi connectivity index (χ4n) is 3.81. The topological polar surface area (TPSA) is 114 Å². The summed E-state index contributed by atoms with van der Waals surface area (Å²) in [7, 11) is 3.93. The average molecular weight is 447 g/mol. The van der Waals surface area contributed by atoms with Gasteiger partial charge in [0.05, 0.1) is 18.3 Å². The van der Waals surface area contributed by atoms with Gasteiger partial charge in [0, 0.05) is 36.5 Å². The molecular weight excluding hydrogens is 416 g/mol. The van der Waals surface area contributed by atoms with Crippen molar-refractivity contribution in [1.29, 1.82) is 0 Å². The van der Waals surface area contributed by atoms with Crippen LogP contribution in [0.1, 0.15) is 18.4 Å². The van der Waals surface area contributed by atoms with Crippen molar-refractivity contribution in [1.82, 2.24) is 30.0 Å². The number of aromatic nitrogens is 4. The minimum atomic E-state index is -0.0573. The molecule has 33 heavy (non-hydrogen) atoms. The normalized spacial score (nSPS) is 17.8. The maximum atomic E-state index is 12.0. The highest BCUT2D eigenvalue weighted by Crippen LogP contribution is 2.33. The number of hydrogen-bond donors (Lipinski definition) is 3. The molecule has 9 heteroatoms. The van der Waals surface area contributed by atoms with Crippen LogP contribution in [0, 0.1) is 0 Å². The van der Waals surface area contributed by atoms with E-state index in [0.29, 0.717) is 18.2 Å². The number of amides is 1. The molecule has 4 rings (SSSR count). The largest absolute Gasteiger partial charge is 0.383 e. The van der Waals surface area contributed by atoms with E-state index in [4.69, 9.17) is 5.73 Å². The fourth-order valence-corrected chi connectivity index (χ4v) is 3.81. The van der Waals surface area contributed by atoms with E-state index in [2.05, 4.69) is 37.8 Å². The van der Waals surface area contributed by atoms with Gasteiger partial charge in [-0.25, -0.2) is 9.97 Å². The highest BCUT2D eigenvalue weighted by atomic mass is 16.1. The molecule has 1 saturated carbocycles. The van der Waals surface area contributed by atoms with E-state index in [-0.39, 0.29) is 18.0 Å². The molecule has 2 heterocycles. The van der Waals surface area contributed by atoms with Crippen LogP contribution in [0.4, 0.5) is 11.6 Å². The molecule has 3 aromatic rings. The van der Waals surface area contributed by atoms with Gasteiger partial charge >= 0.3 is 0 Å². The molecule has 172 valence electrons. The predicted molar refractivity (Wildman–Crippen MR) is 129 cm³/mol. The lowest BCUT2D eigenvalue weighted by molar-refractivity contribution is -0.117. The van der Waals surface area contributed by atoms with Crippen LogP contribution in [-0.4, -0.2) is 63.3 Å². The molecular formula is C24H30N8O. The number of nitrogens with zero attached hydrogens (tertiary/aromatic N) is 5. The Morgan fingerprint density at radius 2 is 2.00 bits per heavy atom. The van der Waals surface area contributed by atoms with E-state index in [1.807, 2.05) is 54.1 Å². The lowest BCUT2D eigenvalue weighted by atomic mass is 9.86. The zero-order valence-corrected chi connectivity index (χ0v) is 19.0. The van der Waals surface area contributed by atoms with Crippen LogP contribution in [0.5, 0.6) is 0 Å². The Bertz CT molecular complexity index is 1100. The van der Waals surface area contributed by atoms with Gasteiger partial charge in [0.2, 0.25) is 5.91 Å².